The van der Waals surface area contributed by atoms with E-state index in [9.17, 15) is 0 Å². The third kappa shape index (κ3) is 1.28. The third-order valence-corrected chi connectivity index (χ3v) is 2.29. The van der Waals surface area contributed by atoms with Crippen LogP contribution < -0.4 is 5.73 Å². The number of hydrogen-bond donors (Lipinski definition) is 2. The highest BCUT2D eigenvalue weighted by Crippen LogP contribution is 2.38. The lowest BCUT2D eigenvalue weighted by Crippen LogP contribution is -2.57. The van der Waals surface area contributed by atoms with Crippen molar-refractivity contribution in [2.45, 2.75) is 32.4 Å². The molecule has 0 aromatic rings. The van der Waals surface area contributed by atoms with E-state index < -0.39 is 0 Å². The molecular weight excluding hydrogens is 182 g/mol. The summed E-state index contributed by atoms with van der Waals surface area (Å²) >= 11 is 0. The first-order valence-corrected chi connectivity index (χ1v) is 2.99. The molecule has 2 nitrogen and oxygen atoms in total. The van der Waals surface area contributed by atoms with Gasteiger partial charge in [-0.2, -0.15) is 0 Å². The van der Waals surface area contributed by atoms with Gasteiger partial charge in [0.1, 0.15) is 0 Å². The Labute approximate surface area is 66.2 Å². The summed E-state index contributed by atoms with van der Waals surface area (Å²) in [7, 11) is 0. The van der Waals surface area contributed by atoms with Crippen LogP contribution in [-0.4, -0.2) is 17.3 Å². The van der Waals surface area contributed by atoms with Gasteiger partial charge < -0.3 is 10.8 Å². The molecule has 0 heterocycles. The summed E-state index contributed by atoms with van der Waals surface area (Å²) in [5.74, 6) is 0. The molecular formula is C6H14BrNO. The van der Waals surface area contributed by atoms with Gasteiger partial charge in [-0.1, -0.05) is 13.8 Å². The van der Waals surface area contributed by atoms with Crippen LogP contribution in [0.2, 0.25) is 0 Å². The maximum Gasteiger partial charge on any atom is 0.0620 e. The molecule has 0 saturated heterocycles. The second-order valence-corrected chi connectivity index (χ2v) is 3.18. The molecule has 1 fully saturated rings. The quantitative estimate of drug-likeness (QED) is 0.598. The molecule has 3 N–H and O–H groups in total. The largest absolute Gasteiger partial charge is 0.392 e. The molecule has 0 bridgehead atoms. The van der Waals surface area contributed by atoms with Gasteiger partial charge in [-0.25, -0.2) is 0 Å². The number of rotatable bonds is 0. The average Bonchev–Trinajstić information content (AvgIpc) is 1.68. The van der Waals surface area contributed by atoms with Crippen molar-refractivity contribution in [1.82, 2.24) is 0 Å². The van der Waals surface area contributed by atoms with Crippen LogP contribution in [0, 0.1) is 5.41 Å². The van der Waals surface area contributed by atoms with Crippen molar-refractivity contribution in [2.75, 3.05) is 0 Å². The van der Waals surface area contributed by atoms with Crippen molar-refractivity contribution in [1.29, 1.82) is 0 Å². The van der Waals surface area contributed by atoms with E-state index >= 15 is 0 Å². The van der Waals surface area contributed by atoms with Crippen LogP contribution in [0.4, 0.5) is 0 Å². The zero-order valence-corrected chi connectivity index (χ0v) is 7.51. The third-order valence-electron chi connectivity index (χ3n) is 2.29. The molecule has 1 aliphatic rings. The van der Waals surface area contributed by atoms with Crippen molar-refractivity contribution >= 4 is 17.0 Å². The summed E-state index contributed by atoms with van der Waals surface area (Å²) in [6, 6.07) is 0.206. The van der Waals surface area contributed by atoms with Crippen LogP contribution in [0.15, 0.2) is 0 Å². The van der Waals surface area contributed by atoms with Gasteiger partial charge in [-0.05, 0) is 6.42 Å². The minimum atomic E-state index is -0.169. The number of halogens is 1. The molecule has 0 spiro atoms. The summed E-state index contributed by atoms with van der Waals surface area (Å²) in [6.07, 6.45) is 0.602. The van der Waals surface area contributed by atoms with Crippen LogP contribution in [0.25, 0.3) is 0 Å². The fourth-order valence-corrected chi connectivity index (χ4v) is 0.935. The van der Waals surface area contributed by atoms with E-state index in [1.807, 2.05) is 13.8 Å². The average molecular weight is 196 g/mol. The van der Waals surface area contributed by atoms with E-state index in [1.165, 1.54) is 0 Å². The Hall–Kier alpha value is 0.400. The Balaban J connectivity index is 0.000000640. The van der Waals surface area contributed by atoms with Crippen molar-refractivity contribution in [3.8, 4) is 0 Å². The topological polar surface area (TPSA) is 46.2 Å². The first kappa shape index (κ1) is 9.40. The molecule has 2 unspecified atom stereocenters. The molecule has 0 radical (unpaired) electrons. The molecule has 9 heavy (non-hydrogen) atoms. The smallest absolute Gasteiger partial charge is 0.0620 e. The van der Waals surface area contributed by atoms with Gasteiger partial charge in [0.05, 0.1) is 6.10 Å². The molecule has 2 atom stereocenters. The number of aliphatic hydroxyl groups excluding tert-OH is 1. The van der Waals surface area contributed by atoms with Gasteiger partial charge in [0.25, 0.3) is 0 Å². The van der Waals surface area contributed by atoms with Crippen molar-refractivity contribution in [3.63, 3.8) is 0 Å². The fraction of sp³-hybridized carbons (Fsp3) is 1.00. The summed E-state index contributed by atoms with van der Waals surface area (Å²) in [5.41, 5.74) is 5.56. The summed E-state index contributed by atoms with van der Waals surface area (Å²) in [5, 5.41) is 9.07. The van der Waals surface area contributed by atoms with E-state index in [4.69, 9.17) is 10.8 Å². The van der Waals surface area contributed by atoms with E-state index in [1.54, 1.807) is 0 Å². The first-order valence-electron chi connectivity index (χ1n) is 2.99. The zero-order chi connectivity index (χ0) is 6.36. The lowest BCUT2D eigenvalue weighted by atomic mass is 9.65. The van der Waals surface area contributed by atoms with Crippen LogP contribution in [0.3, 0.4) is 0 Å². The van der Waals surface area contributed by atoms with Gasteiger partial charge in [-0.15, -0.1) is 17.0 Å². The lowest BCUT2D eigenvalue weighted by molar-refractivity contribution is -0.0585. The highest BCUT2D eigenvalue weighted by atomic mass is 79.9. The summed E-state index contributed by atoms with van der Waals surface area (Å²) in [6.45, 7) is 3.98. The van der Waals surface area contributed by atoms with Crippen molar-refractivity contribution in [3.05, 3.63) is 0 Å². The first-order chi connectivity index (χ1) is 3.55. The second kappa shape index (κ2) is 2.56. The van der Waals surface area contributed by atoms with Crippen molar-refractivity contribution < 1.29 is 5.11 Å². The summed E-state index contributed by atoms with van der Waals surface area (Å²) in [4.78, 5) is 0. The Morgan fingerprint density at radius 3 is 2.00 bits per heavy atom. The minimum absolute atomic E-state index is 0. The highest BCUT2D eigenvalue weighted by molar-refractivity contribution is 8.93. The zero-order valence-electron chi connectivity index (χ0n) is 5.79. The second-order valence-electron chi connectivity index (χ2n) is 3.18. The van der Waals surface area contributed by atoms with Gasteiger partial charge in [0.2, 0.25) is 0 Å². The molecule has 0 aliphatic heterocycles. The van der Waals surface area contributed by atoms with Gasteiger partial charge >= 0.3 is 0 Å². The van der Waals surface area contributed by atoms with Gasteiger partial charge in [0, 0.05) is 11.5 Å². The molecule has 56 valence electrons. The maximum atomic E-state index is 9.07. The molecule has 0 aromatic heterocycles. The van der Waals surface area contributed by atoms with Crippen LogP contribution in [-0.2, 0) is 0 Å². The Bertz CT molecular complexity index is 95.2. The number of nitrogens with two attached hydrogens (primary N) is 1. The molecule has 1 aliphatic carbocycles. The highest BCUT2D eigenvalue weighted by Gasteiger charge is 2.44. The Morgan fingerprint density at radius 2 is 2.00 bits per heavy atom. The molecule has 1 rings (SSSR count). The monoisotopic (exact) mass is 195 g/mol. The van der Waals surface area contributed by atoms with E-state index in [0.717, 1.165) is 6.42 Å². The Morgan fingerprint density at radius 1 is 1.56 bits per heavy atom. The predicted molar refractivity (Wildman–Crippen MR) is 42.7 cm³/mol. The van der Waals surface area contributed by atoms with E-state index in [0.29, 0.717) is 0 Å². The van der Waals surface area contributed by atoms with Crippen LogP contribution >= 0.6 is 17.0 Å². The van der Waals surface area contributed by atoms with E-state index in [2.05, 4.69) is 0 Å². The molecule has 0 amide bonds. The maximum absolute atomic E-state index is 9.07. The SMILES string of the molecule is Br.CC1(C)C(N)CC1O. The van der Waals surface area contributed by atoms with Crippen LogP contribution in [0.1, 0.15) is 20.3 Å². The standard InChI is InChI=1S/C6H13NO.BrH/c1-6(2)4(7)3-5(6)8;/h4-5,8H,3,7H2,1-2H3;1H. The van der Waals surface area contributed by atoms with Gasteiger partial charge in [-0.3, -0.25) is 0 Å². The van der Waals surface area contributed by atoms with Crippen molar-refractivity contribution in [2.24, 2.45) is 11.1 Å². The molecule has 3 heteroatoms. The summed E-state index contributed by atoms with van der Waals surface area (Å²) < 4.78 is 0. The predicted octanol–water partition coefficient (Wildman–Crippen LogP) is 0.682. The molecule has 0 aromatic carbocycles. The number of aliphatic hydroxyl groups is 1. The minimum Gasteiger partial charge on any atom is -0.392 e. The fourth-order valence-electron chi connectivity index (χ4n) is 0.935. The lowest BCUT2D eigenvalue weighted by Gasteiger charge is -2.47. The Kier molecular flexibility index (Phi) is 2.68. The van der Waals surface area contributed by atoms with Crippen LogP contribution in [0.5, 0.6) is 0 Å². The molecule has 1 saturated carbocycles. The van der Waals surface area contributed by atoms with Gasteiger partial charge in [0.15, 0.2) is 0 Å². The van der Waals surface area contributed by atoms with E-state index in [-0.39, 0.29) is 34.5 Å². The normalized spacial score (nSPS) is 38.7. The number of hydrogen-bond acceptors (Lipinski definition) is 2.